The van der Waals surface area contributed by atoms with E-state index >= 15 is 0 Å². The maximum absolute atomic E-state index is 12.8. The van der Waals surface area contributed by atoms with E-state index in [9.17, 15) is 18.0 Å². The second-order valence-corrected chi connectivity index (χ2v) is 6.65. The molecule has 1 aliphatic heterocycles. The average molecular weight is 435 g/mol. The number of carbonyl (C=O) groups excluding carboxylic acids is 1. The van der Waals surface area contributed by atoms with Gasteiger partial charge in [-0.25, -0.2) is 0 Å². The maximum Gasteiger partial charge on any atom is 0.416 e. The Bertz CT molecular complexity index is 754. The van der Waals surface area contributed by atoms with Crippen molar-refractivity contribution in [2.24, 2.45) is 0 Å². The molecule has 3 rings (SSSR count). The maximum atomic E-state index is 12.8. The van der Waals surface area contributed by atoms with Gasteiger partial charge in [0.15, 0.2) is 0 Å². The molecule has 1 amide bonds. The van der Waals surface area contributed by atoms with Gasteiger partial charge in [0.2, 0.25) is 0 Å². The number of benzene rings is 1. The van der Waals surface area contributed by atoms with Gasteiger partial charge >= 0.3 is 6.18 Å². The molecule has 0 aliphatic carbocycles. The first-order valence-corrected chi connectivity index (χ1v) is 8.03. The number of halogens is 4. The molecule has 1 aromatic heterocycles. The number of alkyl halides is 3. The molecule has 1 aliphatic rings. The molecule has 4 nitrogen and oxygen atoms in total. The predicted molar refractivity (Wildman–Crippen MR) is 87.4 cm³/mol. The van der Waals surface area contributed by atoms with Crippen LogP contribution in [0.2, 0.25) is 0 Å². The first-order chi connectivity index (χ1) is 10.7. The van der Waals surface area contributed by atoms with Crippen LogP contribution < -0.4 is 4.90 Å². The van der Waals surface area contributed by atoms with Crippen LogP contribution in [-0.4, -0.2) is 21.7 Å². The molecule has 2 heterocycles. The number of hydrogen-bond acceptors (Lipinski definition) is 2. The van der Waals surface area contributed by atoms with Crippen molar-refractivity contribution in [1.82, 2.24) is 9.78 Å². The van der Waals surface area contributed by atoms with Crippen molar-refractivity contribution in [1.29, 1.82) is 0 Å². The zero-order valence-electron chi connectivity index (χ0n) is 12.3. The summed E-state index contributed by atoms with van der Waals surface area (Å²) < 4.78 is 40.5. The highest BCUT2D eigenvalue weighted by Crippen LogP contribution is 2.35. The zero-order chi connectivity index (χ0) is 16.9. The Labute approximate surface area is 144 Å². The molecule has 0 radical (unpaired) electrons. The van der Waals surface area contributed by atoms with E-state index in [-0.39, 0.29) is 18.0 Å². The predicted octanol–water partition coefficient (Wildman–Crippen LogP) is 4.12. The summed E-state index contributed by atoms with van der Waals surface area (Å²) in [6.45, 7) is 3.79. The second-order valence-electron chi connectivity index (χ2n) is 5.49. The van der Waals surface area contributed by atoms with E-state index in [4.69, 9.17) is 0 Å². The smallest absolute Gasteiger partial charge is 0.302 e. The number of aromatic nitrogens is 2. The molecule has 0 fully saturated rings. The molecular weight excluding hydrogens is 422 g/mol. The van der Waals surface area contributed by atoms with E-state index in [1.54, 1.807) is 10.9 Å². The Morgan fingerprint density at radius 3 is 2.30 bits per heavy atom. The number of amides is 1. The lowest BCUT2D eigenvalue weighted by Crippen LogP contribution is -2.49. The van der Waals surface area contributed by atoms with Crippen molar-refractivity contribution in [3.05, 3.63) is 45.3 Å². The highest BCUT2D eigenvalue weighted by atomic mass is 127. The molecule has 0 unspecified atom stereocenters. The number of rotatable bonds is 1. The third-order valence-electron chi connectivity index (χ3n) is 4.14. The quantitative estimate of drug-likeness (QED) is 0.633. The fourth-order valence-corrected chi connectivity index (χ4v) is 3.34. The summed E-state index contributed by atoms with van der Waals surface area (Å²) in [5.74, 6) is -0.253. The van der Waals surface area contributed by atoms with E-state index in [1.165, 1.54) is 17.0 Å². The largest absolute Gasteiger partial charge is 0.416 e. The molecule has 1 aromatic carbocycles. The number of anilines is 1. The fourth-order valence-electron chi connectivity index (χ4n) is 2.73. The molecular formula is C15H13F3IN3O. The van der Waals surface area contributed by atoms with Gasteiger partial charge in [-0.15, -0.1) is 0 Å². The van der Waals surface area contributed by atoms with Gasteiger partial charge in [-0.2, -0.15) is 18.3 Å². The standard InChI is InChI=1S/C15H13F3IN3O/c1-8-9(2)22-13(12(19)7-20-22)14(23)21(8)11-5-3-10(4-6-11)15(16,17)18/h3-9H,1-2H3/t8-,9-/m0/s1. The SMILES string of the molecule is C[C@H]1[C@H](C)n2ncc(I)c2C(=O)N1c1ccc(C(F)(F)F)cc1. The number of carbonyl (C=O) groups is 1. The second kappa shape index (κ2) is 5.50. The topological polar surface area (TPSA) is 38.1 Å². The van der Waals surface area contributed by atoms with Gasteiger partial charge in [-0.05, 0) is 60.7 Å². The number of hydrogen-bond donors (Lipinski definition) is 0. The van der Waals surface area contributed by atoms with Crippen LogP contribution in [0.15, 0.2) is 30.5 Å². The monoisotopic (exact) mass is 435 g/mol. The Kier molecular flexibility index (Phi) is 3.89. The molecule has 0 N–H and O–H groups in total. The summed E-state index contributed by atoms with van der Waals surface area (Å²) in [4.78, 5) is 14.3. The van der Waals surface area contributed by atoms with Gasteiger partial charge in [0, 0.05) is 5.69 Å². The summed E-state index contributed by atoms with van der Waals surface area (Å²) in [7, 11) is 0. The molecule has 2 atom stereocenters. The Morgan fingerprint density at radius 1 is 1.13 bits per heavy atom. The summed E-state index contributed by atoms with van der Waals surface area (Å²) in [6.07, 6.45) is -2.77. The van der Waals surface area contributed by atoms with Crippen LogP contribution in [0.3, 0.4) is 0 Å². The lowest BCUT2D eigenvalue weighted by atomic mass is 10.0. The summed E-state index contributed by atoms with van der Waals surface area (Å²) in [5.41, 5.74) is 0.188. The van der Waals surface area contributed by atoms with Gasteiger partial charge in [0.05, 0.1) is 27.4 Å². The van der Waals surface area contributed by atoms with Crippen LogP contribution in [0.25, 0.3) is 0 Å². The summed E-state index contributed by atoms with van der Waals surface area (Å²) >= 11 is 2.04. The van der Waals surface area contributed by atoms with Gasteiger partial charge in [0.25, 0.3) is 5.91 Å². The van der Waals surface area contributed by atoms with Crippen LogP contribution in [0.4, 0.5) is 18.9 Å². The fraction of sp³-hybridized carbons (Fsp3) is 0.333. The van der Waals surface area contributed by atoms with Crippen LogP contribution in [0, 0.1) is 3.57 Å². The van der Waals surface area contributed by atoms with E-state index in [0.29, 0.717) is 11.4 Å². The molecule has 8 heteroatoms. The zero-order valence-corrected chi connectivity index (χ0v) is 14.5. The van der Waals surface area contributed by atoms with Crippen LogP contribution in [-0.2, 0) is 6.18 Å². The van der Waals surface area contributed by atoms with Gasteiger partial charge in [-0.1, -0.05) is 0 Å². The average Bonchev–Trinajstić information content (AvgIpc) is 2.87. The normalized spacial score (nSPS) is 21.5. The summed E-state index contributed by atoms with van der Waals surface area (Å²) in [5, 5.41) is 4.23. The van der Waals surface area contributed by atoms with E-state index in [2.05, 4.69) is 5.10 Å². The Hall–Kier alpha value is -1.58. The van der Waals surface area contributed by atoms with Crippen LogP contribution in [0.1, 0.15) is 35.9 Å². The third-order valence-corrected chi connectivity index (χ3v) is 4.93. The first kappa shape index (κ1) is 16.3. The van der Waals surface area contributed by atoms with Crippen LogP contribution >= 0.6 is 22.6 Å². The van der Waals surface area contributed by atoms with Gasteiger partial charge in [-0.3, -0.25) is 9.48 Å². The van der Waals surface area contributed by atoms with Crippen molar-refractivity contribution in [3.8, 4) is 0 Å². The molecule has 122 valence electrons. The number of nitrogens with zero attached hydrogens (tertiary/aromatic N) is 3. The minimum absolute atomic E-state index is 0.0755. The molecule has 0 bridgehead atoms. The highest BCUT2D eigenvalue weighted by molar-refractivity contribution is 14.1. The highest BCUT2D eigenvalue weighted by Gasteiger charge is 2.38. The molecule has 0 saturated carbocycles. The van der Waals surface area contributed by atoms with Crippen molar-refractivity contribution in [2.75, 3.05) is 4.90 Å². The van der Waals surface area contributed by atoms with E-state index in [0.717, 1.165) is 15.7 Å². The number of fused-ring (bicyclic) bond motifs is 1. The molecule has 0 saturated heterocycles. The van der Waals surface area contributed by atoms with Gasteiger partial charge in [0.1, 0.15) is 5.69 Å². The minimum atomic E-state index is -4.39. The van der Waals surface area contributed by atoms with Crippen molar-refractivity contribution in [3.63, 3.8) is 0 Å². The van der Waals surface area contributed by atoms with Crippen LogP contribution in [0.5, 0.6) is 0 Å². The molecule has 23 heavy (non-hydrogen) atoms. The van der Waals surface area contributed by atoms with Crippen molar-refractivity contribution >= 4 is 34.2 Å². The van der Waals surface area contributed by atoms with Crippen molar-refractivity contribution in [2.45, 2.75) is 32.1 Å². The molecule has 2 aromatic rings. The Balaban J connectivity index is 2.03. The van der Waals surface area contributed by atoms with Crippen molar-refractivity contribution < 1.29 is 18.0 Å². The third kappa shape index (κ3) is 2.62. The molecule has 0 spiro atoms. The summed E-state index contributed by atoms with van der Waals surface area (Å²) in [6, 6.07) is 4.37. The lowest BCUT2D eigenvalue weighted by molar-refractivity contribution is -0.137. The minimum Gasteiger partial charge on any atom is -0.302 e. The van der Waals surface area contributed by atoms with E-state index < -0.39 is 11.7 Å². The van der Waals surface area contributed by atoms with Gasteiger partial charge < -0.3 is 4.90 Å². The first-order valence-electron chi connectivity index (χ1n) is 6.95. The Morgan fingerprint density at radius 2 is 1.74 bits per heavy atom. The van der Waals surface area contributed by atoms with E-state index in [1.807, 2.05) is 36.4 Å². The lowest BCUT2D eigenvalue weighted by Gasteiger charge is -2.38.